The van der Waals surface area contributed by atoms with Gasteiger partial charge in [0.15, 0.2) is 0 Å². The summed E-state index contributed by atoms with van der Waals surface area (Å²) in [5.74, 6) is 0. The molecule has 0 radical (unpaired) electrons. The van der Waals surface area contributed by atoms with Crippen molar-refractivity contribution in [2.24, 2.45) is 0 Å². The molecular formula is C106H72N4O2. The topological polar surface area (TPSA) is 39.2 Å². The van der Waals surface area contributed by atoms with Crippen LogP contribution in [0.25, 0.3) is 123 Å². The molecule has 112 heavy (non-hydrogen) atoms. The van der Waals surface area contributed by atoms with Gasteiger partial charge in [0.05, 0.1) is 11.4 Å². The third kappa shape index (κ3) is 12.8. The molecule has 6 heteroatoms. The van der Waals surface area contributed by atoms with Crippen LogP contribution in [0, 0.1) is 0 Å². The number of rotatable bonds is 18. The molecule has 0 spiro atoms. The lowest BCUT2D eigenvalue weighted by Gasteiger charge is -2.27. The Labute approximate surface area is 650 Å². The summed E-state index contributed by atoms with van der Waals surface area (Å²) < 4.78 is 13.0. The Balaban J connectivity index is 0.567. The predicted octanol–water partition coefficient (Wildman–Crippen LogP) is 30.5. The van der Waals surface area contributed by atoms with E-state index in [1.807, 2.05) is 24.3 Å². The van der Waals surface area contributed by atoms with Crippen LogP contribution in [0.3, 0.4) is 0 Å². The highest BCUT2D eigenvalue weighted by atomic mass is 16.3. The lowest BCUT2D eigenvalue weighted by Crippen LogP contribution is -2.10. The Bertz CT molecular complexity index is 6870. The van der Waals surface area contributed by atoms with E-state index in [0.717, 1.165) is 167 Å². The summed E-state index contributed by atoms with van der Waals surface area (Å²) in [6.07, 6.45) is 8.78. The van der Waals surface area contributed by atoms with Gasteiger partial charge in [-0.25, -0.2) is 0 Å². The van der Waals surface area contributed by atoms with Gasteiger partial charge in [0.25, 0.3) is 0 Å². The highest BCUT2D eigenvalue weighted by molar-refractivity contribution is 6.10. The van der Waals surface area contributed by atoms with E-state index in [0.29, 0.717) is 0 Å². The molecule has 0 aliphatic carbocycles. The minimum absolute atomic E-state index is 0.838. The van der Waals surface area contributed by atoms with Crippen LogP contribution in [0.5, 0.6) is 0 Å². The van der Waals surface area contributed by atoms with Crippen molar-refractivity contribution in [3.05, 3.63) is 435 Å². The molecule has 20 aromatic rings. The Morgan fingerprint density at radius 1 is 0.170 bits per heavy atom. The second kappa shape index (κ2) is 29.0. The van der Waals surface area contributed by atoms with Gasteiger partial charge in [0.1, 0.15) is 22.3 Å². The van der Waals surface area contributed by atoms with E-state index in [1.54, 1.807) is 0 Å². The average molecular weight is 1430 g/mol. The van der Waals surface area contributed by atoms with Gasteiger partial charge >= 0.3 is 0 Å². The first-order valence-electron chi connectivity index (χ1n) is 38.1. The fraction of sp³-hybridized carbons (Fsp3) is 0. The van der Waals surface area contributed by atoms with E-state index < -0.39 is 0 Å². The molecule has 0 atom stereocenters. The summed E-state index contributed by atoms with van der Waals surface area (Å²) >= 11 is 0. The van der Waals surface area contributed by atoms with Gasteiger partial charge in [-0.3, -0.25) is 0 Å². The lowest BCUT2D eigenvalue weighted by atomic mass is 9.96. The molecule has 6 nitrogen and oxygen atoms in total. The fourth-order valence-electron chi connectivity index (χ4n) is 16.1. The van der Waals surface area contributed by atoms with Gasteiger partial charge in [-0.15, -0.1) is 0 Å². The molecule has 0 amide bonds. The van der Waals surface area contributed by atoms with Crippen LogP contribution >= 0.6 is 0 Å². The van der Waals surface area contributed by atoms with Gasteiger partial charge in [-0.05, 0) is 218 Å². The van der Waals surface area contributed by atoms with Crippen LogP contribution in [0.1, 0.15) is 22.3 Å². The van der Waals surface area contributed by atoms with E-state index in [9.17, 15) is 0 Å². The van der Waals surface area contributed by atoms with Crippen molar-refractivity contribution in [1.29, 1.82) is 0 Å². The second-order valence-corrected chi connectivity index (χ2v) is 28.4. The zero-order valence-electron chi connectivity index (χ0n) is 61.2. The normalized spacial score (nSPS) is 11.7. The third-order valence-corrected chi connectivity index (χ3v) is 21.6. The predicted molar refractivity (Wildman–Crippen MR) is 474 cm³/mol. The SMILES string of the molecule is C(=C\c1ccc(N(c2ccc3c(c2)oc2ccccc23)c2cccc3ccccc23)cc1)/c1ccc(-c2ccc(N(c3ccc4c(c3)oc3ccccc34)c3cccc4c(-c5ccc(N(c6ccccc6)c6ccc7cc(/C=C/c8ccc(N(c9ccccc9)c9ccccc9)cc8)ccc7c6)cc5)cccc34)cc2)cc1. The highest BCUT2D eigenvalue weighted by Gasteiger charge is 2.23. The number of furan rings is 2. The largest absolute Gasteiger partial charge is 0.456 e. The van der Waals surface area contributed by atoms with Crippen molar-refractivity contribution in [3.63, 3.8) is 0 Å². The summed E-state index contributed by atoms with van der Waals surface area (Å²) in [5.41, 5.74) is 25.3. The molecule has 0 unspecified atom stereocenters. The number of nitrogens with zero attached hydrogens (tertiary/aromatic N) is 4. The Kier molecular flexibility index (Phi) is 17.2. The molecule has 528 valence electrons. The summed E-state index contributed by atoms with van der Waals surface area (Å²) in [6, 6.07) is 148. The first kappa shape index (κ1) is 66.5. The number of hydrogen-bond donors (Lipinski definition) is 0. The van der Waals surface area contributed by atoms with Gasteiger partial charge in [0, 0.05) is 101 Å². The molecule has 0 saturated heterocycles. The van der Waals surface area contributed by atoms with Crippen LogP contribution in [-0.2, 0) is 0 Å². The average Bonchev–Trinajstić information content (AvgIpc) is 0.903. The second-order valence-electron chi connectivity index (χ2n) is 28.4. The van der Waals surface area contributed by atoms with Crippen LogP contribution in [-0.4, -0.2) is 0 Å². The van der Waals surface area contributed by atoms with E-state index in [4.69, 9.17) is 8.83 Å². The molecule has 0 saturated carbocycles. The Morgan fingerprint density at radius 2 is 0.500 bits per heavy atom. The van der Waals surface area contributed by atoms with Crippen LogP contribution in [0.4, 0.5) is 68.2 Å². The van der Waals surface area contributed by atoms with Crippen LogP contribution in [0.2, 0.25) is 0 Å². The molecule has 20 rings (SSSR count). The van der Waals surface area contributed by atoms with Gasteiger partial charge in [-0.1, -0.05) is 273 Å². The van der Waals surface area contributed by atoms with E-state index in [1.165, 1.54) is 21.5 Å². The molecule has 0 fully saturated rings. The van der Waals surface area contributed by atoms with E-state index >= 15 is 0 Å². The minimum Gasteiger partial charge on any atom is -0.456 e. The van der Waals surface area contributed by atoms with E-state index in [-0.39, 0.29) is 0 Å². The van der Waals surface area contributed by atoms with Crippen molar-refractivity contribution in [2.75, 3.05) is 19.6 Å². The fourth-order valence-corrected chi connectivity index (χ4v) is 16.1. The van der Waals surface area contributed by atoms with Crippen molar-refractivity contribution in [2.45, 2.75) is 0 Å². The van der Waals surface area contributed by atoms with Crippen molar-refractivity contribution >= 4 is 169 Å². The standard InChI is InChI=1S/C106H72N4O2/c1-4-21-83(22-5-1)107(84-23-6-2-7-24-84)86-56-44-75(45-57-86)39-40-76-43-50-82-70-90(64-55-81(82)69-76)108(85-25-8-3-9-26-85)87-62-53-80(54-63-87)93-30-17-32-96-95(93)31-18-34-102(96)110(92-66-68-100-98-29-13-15-36-104(98)112-106(100)72-92)89-60-51-78(52-61-89)77-48-41-73(42-49-77)37-38-74-46-58-88(59-47-74)109(101-33-16-20-79-19-10-11-27-94(79)101)91-65-67-99-97-28-12-14-35-103(97)111-105(99)71-91/h1-72H/b38-37+,40-39+. The number of anilines is 12. The Morgan fingerprint density at radius 3 is 1.05 bits per heavy atom. The summed E-state index contributed by atoms with van der Waals surface area (Å²) in [5, 5.41) is 11.4. The third-order valence-electron chi connectivity index (χ3n) is 21.6. The van der Waals surface area contributed by atoms with E-state index in [2.05, 4.69) is 432 Å². The molecule has 0 aliphatic rings. The first-order chi connectivity index (χ1) is 55.5. The maximum absolute atomic E-state index is 6.59. The zero-order chi connectivity index (χ0) is 74.3. The van der Waals surface area contributed by atoms with Crippen molar-refractivity contribution in [3.8, 4) is 22.3 Å². The van der Waals surface area contributed by atoms with Crippen molar-refractivity contribution in [1.82, 2.24) is 0 Å². The highest BCUT2D eigenvalue weighted by Crippen LogP contribution is 2.47. The molecule has 0 bridgehead atoms. The van der Waals surface area contributed by atoms with Gasteiger partial charge in [-0.2, -0.15) is 0 Å². The Hall–Kier alpha value is -15.0. The summed E-state index contributed by atoms with van der Waals surface area (Å²) in [4.78, 5) is 9.35. The number of benzene rings is 18. The van der Waals surface area contributed by atoms with Gasteiger partial charge < -0.3 is 28.4 Å². The number of hydrogen-bond acceptors (Lipinski definition) is 6. The van der Waals surface area contributed by atoms with Crippen molar-refractivity contribution < 1.29 is 8.83 Å². The maximum atomic E-state index is 6.59. The smallest absolute Gasteiger partial charge is 0.137 e. The quantitative estimate of drug-likeness (QED) is 0.0798. The molecular weight excluding hydrogens is 1360 g/mol. The van der Waals surface area contributed by atoms with Gasteiger partial charge in [0.2, 0.25) is 0 Å². The maximum Gasteiger partial charge on any atom is 0.137 e. The molecule has 0 aliphatic heterocycles. The molecule has 18 aromatic carbocycles. The van der Waals surface area contributed by atoms with Crippen LogP contribution in [0.15, 0.2) is 421 Å². The molecule has 2 heterocycles. The minimum atomic E-state index is 0.838. The first-order valence-corrected chi connectivity index (χ1v) is 38.1. The lowest BCUT2D eigenvalue weighted by molar-refractivity contribution is 0.668. The summed E-state index contributed by atoms with van der Waals surface area (Å²) in [6.45, 7) is 0. The monoisotopic (exact) mass is 1430 g/mol. The zero-order valence-corrected chi connectivity index (χ0v) is 61.2. The number of para-hydroxylation sites is 5. The van der Waals surface area contributed by atoms with Crippen LogP contribution < -0.4 is 19.6 Å². The molecule has 2 aromatic heterocycles. The summed E-state index contributed by atoms with van der Waals surface area (Å²) in [7, 11) is 0. The number of fused-ring (bicyclic) bond motifs is 9. The molecule has 0 N–H and O–H groups in total.